The van der Waals surface area contributed by atoms with Gasteiger partial charge in [-0.3, -0.25) is 18.3 Å². The second-order valence-electron chi connectivity index (χ2n) is 6.09. The molecule has 9 heteroatoms. The van der Waals surface area contributed by atoms with Gasteiger partial charge in [-0.2, -0.15) is 0 Å². The average Bonchev–Trinajstić information content (AvgIpc) is 2.89. The van der Waals surface area contributed by atoms with Crippen LogP contribution in [0.25, 0.3) is 10.2 Å². The number of alkyl halides is 1. The highest BCUT2D eigenvalue weighted by atomic mass is 127. The van der Waals surface area contributed by atoms with E-state index in [-0.39, 0.29) is 23.9 Å². The number of halogens is 1. The number of pyridine rings is 1. The Hall–Kier alpha value is -1.49. The summed E-state index contributed by atoms with van der Waals surface area (Å²) in [6.45, 7) is 5.93. The first-order valence-corrected chi connectivity index (χ1v) is 10.3. The van der Waals surface area contributed by atoms with Crippen molar-refractivity contribution in [3.63, 3.8) is 0 Å². The molecule has 0 spiro atoms. The molecule has 1 saturated heterocycles. The molecule has 134 valence electrons. The highest BCUT2D eigenvalue weighted by Crippen LogP contribution is 2.19. The monoisotopic (exact) mass is 474 g/mol. The molecular formula is C16H19IN4O3S. The molecule has 2 aromatic rings. The fraction of sp³-hybridized carbons (Fsp3) is 0.500. The van der Waals surface area contributed by atoms with E-state index in [0.29, 0.717) is 40.8 Å². The molecule has 0 aromatic carbocycles. The minimum absolute atomic E-state index is 0.0264. The summed E-state index contributed by atoms with van der Waals surface area (Å²) in [5.41, 5.74) is 1.60. The standard InChI is InChI=1S/C16H19IN4O3S/c1-10-7-11(2)18-15-14(10)16(24)21(25-15)9-13(23)20-5-3-19(4-6-20)12(22)8-17/h7H,3-6,8-9H2,1-2H3. The zero-order chi connectivity index (χ0) is 18.1. The third-order valence-electron chi connectivity index (χ3n) is 4.33. The van der Waals surface area contributed by atoms with Crippen molar-refractivity contribution >= 4 is 56.2 Å². The van der Waals surface area contributed by atoms with Gasteiger partial charge in [0.15, 0.2) is 0 Å². The highest BCUT2D eigenvalue weighted by molar-refractivity contribution is 14.1. The van der Waals surface area contributed by atoms with Crippen LogP contribution in [0.15, 0.2) is 10.9 Å². The minimum Gasteiger partial charge on any atom is -0.338 e. The lowest BCUT2D eigenvalue weighted by atomic mass is 10.2. The van der Waals surface area contributed by atoms with Crippen LogP contribution in [0.4, 0.5) is 0 Å². The van der Waals surface area contributed by atoms with Crippen molar-refractivity contribution in [2.45, 2.75) is 20.4 Å². The quantitative estimate of drug-likeness (QED) is 0.495. The lowest BCUT2D eigenvalue weighted by molar-refractivity contribution is -0.138. The van der Waals surface area contributed by atoms with Crippen LogP contribution in [0.1, 0.15) is 11.3 Å². The molecule has 1 fully saturated rings. The van der Waals surface area contributed by atoms with Gasteiger partial charge in [0.1, 0.15) is 11.4 Å². The van der Waals surface area contributed by atoms with E-state index in [9.17, 15) is 14.4 Å². The van der Waals surface area contributed by atoms with Crippen LogP contribution in [0.3, 0.4) is 0 Å². The maximum atomic E-state index is 12.6. The zero-order valence-corrected chi connectivity index (χ0v) is 17.1. The molecule has 0 unspecified atom stereocenters. The molecule has 1 aliphatic rings. The number of carbonyl (C=O) groups is 2. The summed E-state index contributed by atoms with van der Waals surface area (Å²) >= 11 is 3.28. The van der Waals surface area contributed by atoms with Crippen molar-refractivity contribution in [3.8, 4) is 0 Å². The van der Waals surface area contributed by atoms with Gasteiger partial charge in [0.2, 0.25) is 11.8 Å². The average molecular weight is 474 g/mol. The van der Waals surface area contributed by atoms with Crippen molar-refractivity contribution in [2.75, 3.05) is 30.6 Å². The maximum absolute atomic E-state index is 12.6. The second-order valence-corrected chi connectivity index (χ2v) is 7.86. The minimum atomic E-state index is -0.155. The summed E-state index contributed by atoms with van der Waals surface area (Å²) < 4.78 is 1.93. The van der Waals surface area contributed by atoms with E-state index in [0.717, 1.165) is 11.3 Å². The second kappa shape index (κ2) is 7.40. The van der Waals surface area contributed by atoms with Crippen molar-refractivity contribution in [1.82, 2.24) is 18.7 Å². The van der Waals surface area contributed by atoms with Gasteiger partial charge in [-0.05, 0) is 37.0 Å². The molecule has 7 nitrogen and oxygen atoms in total. The molecule has 0 bridgehead atoms. The topological polar surface area (TPSA) is 75.5 Å². The number of carbonyl (C=O) groups excluding carboxylic acids is 2. The number of rotatable bonds is 3. The van der Waals surface area contributed by atoms with E-state index in [2.05, 4.69) is 27.6 Å². The Balaban J connectivity index is 1.73. The molecule has 2 amide bonds. The molecule has 2 aromatic heterocycles. The van der Waals surface area contributed by atoms with Crippen LogP contribution in [0, 0.1) is 13.8 Å². The van der Waals surface area contributed by atoms with E-state index in [4.69, 9.17) is 0 Å². The SMILES string of the molecule is Cc1cc(C)c2c(=O)n(CC(=O)N3CCN(C(=O)CI)CC3)sc2n1. The molecule has 25 heavy (non-hydrogen) atoms. The van der Waals surface area contributed by atoms with Gasteiger partial charge >= 0.3 is 0 Å². The van der Waals surface area contributed by atoms with E-state index in [1.807, 2.05) is 19.9 Å². The van der Waals surface area contributed by atoms with Gasteiger partial charge in [0.05, 0.1) is 9.81 Å². The van der Waals surface area contributed by atoms with Crippen LogP contribution in [-0.4, -0.2) is 61.2 Å². The molecule has 0 N–H and O–H groups in total. The van der Waals surface area contributed by atoms with Crippen molar-refractivity contribution in [3.05, 3.63) is 27.7 Å². The molecule has 3 rings (SSSR count). The number of aryl methyl sites for hydroxylation is 2. The molecule has 3 heterocycles. The van der Waals surface area contributed by atoms with Gasteiger partial charge in [-0.25, -0.2) is 4.98 Å². The Morgan fingerprint density at radius 2 is 1.76 bits per heavy atom. The molecule has 0 aliphatic carbocycles. The normalized spacial score (nSPS) is 15.0. The number of piperazine rings is 1. The third kappa shape index (κ3) is 3.71. The number of fused-ring (bicyclic) bond motifs is 1. The maximum Gasteiger partial charge on any atom is 0.270 e. The summed E-state index contributed by atoms with van der Waals surface area (Å²) in [6.07, 6.45) is 0. The Bertz CT molecular complexity index is 883. The largest absolute Gasteiger partial charge is 0.338 e. The first-order chi connectivity index (χ1) is 11.9. The Morgan fingerprint density at radius 3 is 2.36 bits per heavy atom. The van der Waals surface area contributed by atoms with Gasteiger partial charge in [0, 0.05) is 31.9 Å². The lowest BCUT2D eigenvalue weighted by Gasteiger charge is -2.34. The predicted molar refractivity (Wildman–Crippen MR) is 105 cm³/mol. The van der Waals surface area contributed by atoms with Gasteiger partial charge in [-0.15, -0.1) is 0 Å². The number of hydrogen-bond acceptors (Lipinski definition) is 5. The Morgan fingerprint density at radius 1 is 1.16 bits per heavy atom. The summed E-state index contributed by atoms with van der Waals surface area (Å²) in [5.74, 6) is 0.00921. The summed E-state index contributed by atoms with van der Waals surface area (Å²) in [7, 11) is 0. The van der Waals surface area contributed by atoms with E-state index >= 15 is 0 Å². The van der Waals surface area contributed by atoms with Crippen molar-refractivity contribution < 1.29 is 9.59 Å². The van der Waals surface area contributed by atoms with Crippen molar-refractivity contribution in [1.29, 1.82) is 0 Å². The summed E-state index contributed by atoms with van der Waals surface area (Å²) in [5, 5.41) is 0.598. The number of aromatic nitrogens is 2. The number of hydrogen-bond donors (Lipinski definition) is 0. The van der Waals surface area contributed by atoms with Crippen molar-refractivity contribution in [2.24, 2.45) is 0 Å². The van der Waals surface area contributed by atoms with E-state index in [1.54, 1.807) is 9.80 Å². The van der Waals surface area contributed by atoms with Crippen LogP contribution in [-0.2, 0) is 16.1 Å². The van der Waals surface area contributed by atoms with E-state index < -0.39 is 0 Å². The smallest absolute Gasteiger partial charge is 0.270 e. The molecule has 1 aliphatic heterocycles. The number of nitrogens with zero attached hydrogens (tertiary/aromatic N) is 4. The molecule has 0 atom stereocenters. The summed E-state index contributed by atoms with van der Waals surface area (Å²) in [6, 6.07) is 1.88. The lowest BCUT2D eigenvalue weighted by Crippen LogP contribution is -2.51. The first kappa shape index (κ1) is 18.3. The van der Waals surface area contributed by atoms with Crippen LogP contribution >= 0.6 is 34.1 Å². The van der Waals surface area contributed by atoms with Crippen LogP contribution in [0.5, 0.6) is 0 Å². The molecule has 0 radical (unpaired) electrons. The fourth-order valence-electron chi connectivity index (χ4n) is 3.02. The predicted octanol–water partition coefficient (Wildman–Crippen LogP) is 1.18. The van der Waals surface area contributed by atoms with Crippen LogP contribution in [0.2, 0.25) is 0 Å². The highest BCUT2D eigenvalue weighted by Gasteiger charge is 2.24. The van der Waals surface area contributed by atoms with Gasteiger partial charge < -0.3 is 9.80 Å². The van der Waals surface area contributed by atoms with Gasteiger partial charge in [-0.1, -0.05) is 22.6 Å². The first-order valence-electron chi connectivity index (χ1n) is 8.00. The zero-order valence-electron chi connectivity index (χ0n) is 14.1. The number of amides is 2. The Labute approximate surface area is 162 Å². The summed E-state index contributed by atoms with van der Waals surface area (Å²) in [4.78, 5) is 45.4. The fourth-order valence-corrected chi connectivity index (χ4v) is 4.58. The molecular weight excluding hydrogens is 455 g/mol. The van der Waals surface area contributed by atoms with Crippen LogP contribution < -0.4 is 5.56 Å². The molecule has 0 saturated carbocycles. The van der Waals surface area contributed by atoms with E-state index in [1.165, 1.54) is 15.5 Å². The third-order valence-corrected chi connectivity index (χ3v) is 5.96. The Kier molecular flexibility index (Phi) is 5.42. The van der Waals surface area contributed by atoms with Gasteiger partial charge in [0.25, 0.3) is 5.56 Å².